The molecule has 0 atom stereocenters. The maximum absolute atomic E-state index is 12.9. The highest BCUT2D eigenvalue weighted by atomic mass is 32.1. The summed E-state index contributed by atoms with van der Waals surface area (Å²) in [4.78, 5) is 15.4. The van der Waals surface area contributed by atoms with Gasteiger partial charge in [-0.2, -0.15) is 0 Å². The predicted octanol–water partition coefficient (Wildman–Crippen LogP) is 3.21. The second kappa shape index (κ2) is 4.55. The lowest BCUT2D eigenvalue weighted by molar-refractivity contribution is -0.286. The normalized spacial score (nSPS) is 15.0. The average molecular weight is 314 g/mol. The number of benzene rings is 1. The maximum Gasteiger partial charge on any atom is 0.586 e. The van der Waals surface area contributed by atoms with E-state index in [2.05, 4.69) is 19.8 Å². The number of carboxylic acids is 1. The van der Waals surface area contributed by atoms with Gasteiger partial charge in [0.2, 0.25) is 0 Å². The molecule has 0 saturated heterocycles. The Bertz CT molecular complexity index is 732. The van der Waals surface area contributed by atoms with Gasteiger partial charge < -0.3 is 19.9 Å². The molecule has 9 heteroatoms. The number of aryl methyl sites for hydroxylation is 1. The summed E-state index contributed by atoms with van der Waals surface area (Å²) < 4.78 is 34.4. The summed E-state index contributed by atoms with van der Waals surface area (Å²) in [6, 6.07) is 4.16. The van der Waals surface area contributed by atoms with Crippen molar-refractivity contribution in [3.63, 3.8) is 0 Å². The average Bonchev–Trinajstić information content (AvgIpc) is 2.87. The zero-order valence-electron chi connectivity index (χ0n) is 10.5. The molecule has 0 unspecified atom stereocenters. The molecule has 110 valence electrons. The summed E-state index contributed by atoms with van der Waals surface area (Å²) in [5, 5.41) is 12.1. The van der Waals surface area contributed by atoms with Gasteiger partial charge in [-0.05, 0) is 19.1 Å². The Labute approximate surface area is 121 Å². The van der Waals surface area contributed by atoms with Gasteiger partial charge in [0.25, 0.3) is 0 Å². The number of ether oxygens (including phenoxy) is 2. The molecule has 0 saturated carbocycles. The quantitative estimate of drug-likeness (QED) is 0.905. The van der Waals surface area contributed by atoms with Crippen LogP contribution in [0.25, 0.3) is 0 Å². The van der Waals surface area contributed by atoms with E-state index in [0.29, 0.717) is 15.7 Å². The molecule has 1 aromatic heterocycles. The van der Waals surface area contributed by atoms with Crippen LogP contribution in [0.15, 0.2) is 18.2 Å². The number of rotatable bonds is 3. The molecule has 1 aliphatic heterocycles. The first kappa shape index (κ1) is 13.6. The molecular weight excluding hydrogens is 306 g/mol. The number of nitrogens with one attached hydrogen (secondary N) is 1. The van der Waals surface area contributed by atoms with Crippen LogP contribution in [0, 0.1) is 6.92 Å². The SMILES string of the molecule is Cc1sc(Nc2ccc3c(c2)OC(F)(F)O3)nc1C(=O)O. The number of hydrogen-bond acceptors (Lipinski definition) is 6. The molecular formula is C12H8F2N2O4S. The maximum atomic E-state index is 12.9. The predicted molar refractivity (Wildman–Crippen MR) is 69.7 cm³/mol. The minimum Gasteiger partial charge on any atom is -0.476 e. The zero-order valence-corrected chi connectivity index (χ0v) is 11.3. The third-order valence-electron chi connectivity index (χ3n) is 2.65. The van der Waals surface area contributed by atoms with Crippen molar-refractivity contribution in [1.82, 2.24) is 4.98 Å². The van der Waals surface area contributed by atoms with Crippen molar-refractivity contribution in [2.75, 3.05) is 5.32 Å². The van der Waals surface area contributed by atoms with Crippen LogP contribution < -0.4 is 14.8 Å². The molecule has 2 N–H and O–H groups in total. The van der Waals surface area contributed by atoms with E-state index < -0.39 is 12.3 Å². The van der Waals surface area contributed by atoms with E-state index in [1.807, 2.05) is 0 Å². The number of nitrogens with zero attached hydrogens (tertiary/aromatic N) is 1. The van der Waals surface area contributed by atoms with Gasteiger partial charge in [-0.3, -0.25) is 0 Å². The lowest BCUT2D eigenvalue weighted by Gasteiger charge is -2.04. The first-order valence-electron chi connectivity index (χ1n) is 5.72. The van der Waals surface area contributed by atoms with Gasteiger partial charge in [-0.1, -0.05) is 0 Å². The molecule has 2 heterocycles. The standard InChI is InChI=1S/C12H8F2N2O4S/c1-5-9(10(17)18)16-11(21-5)15-6-2-3-7-8(4-6)20-12(13,14)19-7/h2-4H,1H3,(H,15,16)(H,17,18). The first-order valence-corrected chi connectivity index (χ1v) is 6.53. The lowest BCUT2D eigenvalue weighted by Crippen LogP contribution is -2.25. The fraction of sp³-hybridized carbons (Fsp3) is 0.167. The minimum atomic E-state index is -3.67. The van der Waals surface area contributed by atoms with E-state index >= 15 is 0 Å². The number of aromatic carboxylic acids is 1. The molecule has 0 aliphatic carbocycles. The number of halogens is 2. The molecule has 6 nitrogen and oxygen atoms in total. The van der Waals surface area contributed by atoms with Crippen molar-refractivity contribution < 1.29 is 28.2 Å². The van der Waals surface area contributed by atoms with Crippen molar-refractivity contribution in [1.29, 1.82) is 0 Å². The number of alkyl halides is 2. The van der Waals surface area contributed by atoms with Crippen LogP contribution in [0.2, 0.25) is 0 Å². The van der Waals surface area contributed by atoms with E-state index in [0.717, 1.165) is 11.3 Å². The minimum absolute atomic E-state index is 0.0465. The first-order chi connectivity index (χ1) is 9.84. The summed E-state index contributed by atoms with van der Waals surface area (Å²) in [6.07, 6.45) is -3.67. The van der Waals surface area contributed by atoms with Crippen LogP contribution in [0.3, 0.4) is 0 Å². The highest BCUT2D eigenvalue weighted by Gasteiger charge is 2.43. The summed E-state index contributed by atoms with van der Waals surface area (Å²) in [5.74, 6) is -1.29. The zero-order chi connectivity index (χ0) is 15.2. The smallest absolute Gasteiger partial charge is 0.476 e. The summed E-state index contributed by atoms with van der Waals surface area (Å²) >= 11 is 1.15. The van der Waals surface area contributed by atoms with Crippen LogP contribution in [0.5, 0.6) is 11.5 Å². The van der Waals surface area contributed by atoms with Gasteiger partial charge in [-0.15, -0.1) is 20.1 Å². The highest BCUT2D eigenvalue weighted by Crippen LogP contribution is 2.42. The Morgan fingerprint density at radius 1 is 1.38 bits per heavy atom. The van der Waals surface area contributed by atoms with Gasteiger partial charge in [0, 0.05) is 16.6 Å². The lowest BCUT2D eigenvalue weighted by atomic mass is 10.3. The Morgan fingerprint density at radius 3 is 2.76 bits per heavy atom. The Morgan fingerprint density at radius 2 is 2.10 bits per heavy atom. The molecule has 0 bridgehead atoms. The molecule has 2 aromatic rings. The van der Waals surface area contributed by atoms with Crippen LogP contribution in [0.4, 0.5) is 19.6 Å². The third-order valence-corrected chi connectivity index (χ3v) is 3.54. The van der Waals surface area contributed by atoms with E-state index in [9.17, 15) is 13.6 Å². The summed E-state index contributed by atoms with van der Waals surface area (Å²) in [6.45, 7) is 1.63. The van der Waals surface area contributed by atoms with Crippen LogP contribution >= 0.6 is 11.3 Å². The van der Waals surface area contributed by atoms with E-state index in [1.165, 1.54) is 18.2 Å². The van der Waals surface area contributed by atoms with Crippen LogP contribution in [-0.2, 0) is 0 Å². The molecule has 21 heavy (non-hydrogen) atoms. The summed E-state index contributed by atoms with van der Waals surface area (Å²) in [7, 11) is 0. The van der Waals surface area contributed by atoms with Crippen molar-refractivity contribution in [2.24, 2.45) is 0 Å². The number of carboxylic acid groups (broad SMARTS) is 1. The highest BCUT2D eigenvalue weighted by molar-refractivity contribution is 7.15. The number of aromatic nitrogens is 1. The molecule has 1 aromatic carbocycles. The van der Waals surface area contributed by atoms with Crippen molar-refractivity contribution in [3.8, 4) is 11.5 Å². The largest absolute Gasteiger partial charge is 0.586 e. The topological polar surface area (TPSA) is 80.7 Å². The van der Waals surface area contributed by atoms with Crippen molar-refractivity contribution in [2.45, 2.75) is 13.2 Å². The molecule has 1 aliphatic rings. The molecule has 0 radical (unpaired) electrons. The second-order valence-electron chi connectivity index (χ2n) is 4.18. The molecule has 0 spiro atoms. The van der Waals surface area contributed by atoms with E-state index in [1.54, 1.807) is 6.92 Å². The van der Waals surface area contributed by atoms with E-state index in [-0.39, 0.29) is 17.2 Å². The molecule has 3 rings (SSSR count). The molecule has 0 amide bonds. The summed E-state index contributed by atoms with van der Waals surface area (Å²) in [5.41, 5.74) is 0.385. The van der Waals surface area contributed by atoms with E-state index in [4.69, 9.17) is 5.11 Å². The molecule has 0 fully saturated rings. The van der Waals surface area contributed by atoms with Gasteiger partial charge in [0.05, 0.1) is 0 Å². The number of thiazole rings is 1. The number of anilines is 2. The second-order valence-corrected chi connectivity index (χ2v) is 5.39. The van der Waals surface area contributed by atoms with Gasteiger partial charge in [-0.25, -0.2) is 9.78 Å². The Hall–Kier alpha value is -2.42. The third kappa shape index (κ3) is 2.59. The van der Waals surface area contributed by atoms with Crippen LogP contribution in [-0.4, -0.2) is 22.4 Å². The Kier molecular flexibility index (Phi) is 2.94. The monoisotopic (exact) mass is 314 g/mol. The van der Waals surface area contributed by atoms with Crippen LogP contribution in [0.1, 0.15) is 15.4 Å². The number of fused-ring (bicyclic) bond motifs is 1. The fourth-order valence-corrected chi connectivity index (χ4v) is 2.62. The van der Waals surface area contributed by atoms with Gasteiger partial charge >= 0.3 is 12.3 Å². The van der Waals surface area contributed by atoms with Gasteiger partial charge in [0.1, 0.15) is 0 Å². The fourth-order valence-electron chi connectivity index (χ4n) is 1.80. The number of carbonyl (C=O) groups is 1. The number of hydrogen-bond donors (Lipinski definition) is 2. The van der Waals surface area contributed by atoms with Crippen molar-refractivity contribution in [3.05, 3.63) is 28.8 Å². The van der Waals surface area contributed by atoms with Gasteiger partial charge in [0.15, 0.2) is 22.3 Å². The van der Waals surface area contributed by atoms with Crippen molar-refractivity contribution >= 4 is 28.1 Å². The Balaban J connectivity index is 1.84.